The van der Waals surface area contributed by atoms with Crippen LogP contribution < -0.4 is 10.6 Å². The second-order valence-electron chi connectivity index (χ2n) is 17.7. The highest BCUT2D eigenvalue weighted by molar-refractivity contribution is 5.82. The molecule has 314 valence electrons. The maximum Gasteiger partial charge on any atom is 0.308 e. The molecule has 0 aromatic heterocycles. The summed E-state index contributed by atoms with van der Waals surface area (Å²) in [7, 11) is 0. The lowest BCUT2D eigenvalue weighted by Gasteiger charge is -2.58. The Morgan fingerprint density at radius 3 is 1.50 bits per heavy atom. The Labute approximate surface area is 326 Å². The standard InChI is InChI=1S/C39H58N2O15/c1-21-26-9-5-7-23-15-17-36(3)51-34(38(23,26)55-53-36)49-32(21)47-30(45)13-11-28(43)40-19-25(42)20-41-29(44)12-14-31(46)48-33-22(2)27-10-6-8-24-16-18-37(4)52-35(50-33)39(24,27)56-54-37/h21-27,32-35,42H,5-20H2,1-4H3,(H,40,43)(H,41,44)/t21-,22-,23-,24-,25?,26?,27?,32-,33-,34-,35-,36?,37?,38-,39-/m1/s1. The van der Waals surface area contributed by atoms with E-state index in [0.29, 0.717) is 12.8 Å². The number of aliphatic hydroxyl groups excluding tert-OH is 1. The first-order chi connectivity index (χ1) is 26.7. The Morgan fingerprint density at radius 2 is 1.07 bits per heavy atom. The number of hydrogen-bond donors (Lipinski definition) is 3. The highest BCUT2D eigenvalue weighted by atomic mass is 17.3. The van der Waals surface area contributed by atoms with E-state index in [2.05, 4.69) is 10.6 Å². The molecular weight excluding hydrogens is 736 g/mol. The molecule has 14 atom stereocenters. The van der Waals surface area contributed by atoms with Crippen molar-refractivity contribution in [3.05, 3.63) is 0 Å². The second kappa shape index (κ2) is 15.6. The molecule has 10 rings (SSSR count). The lowest BCUT2D eigenvalue weighted by molar-refractivity contribution is -0.575. The van der Waals surface area contributed by atoms with E-state index in [1.807, 2.05) is 27.7 Å². The number of fused-ring (bicyclic) bond motifs is 4. The van der Waals surface area contributed by atoms with Crippen molar-refractivity contribution in [2.24, 2.45) is 35.5 Å². The minimum absolute atomic E-state index is 0.00911. The first-order valence-electron chi connectivity index (χ1n) is 20.7. The summed E-state index contributed by atoms with van der Waals surface area (Å²) in [6, 6.07) is 0. The average Bonchev–Trinajstić information content (AvgIpc) is 3.54. The van der Waals surface area contributed by atoms with Crippen LogP contribution in [0.2, 0.25) is 0 Å². The molecule has 2 spiro atoms. The molecule has 0 aromatic carbocycles. The fourth-order valence-electron chi connectivity index (χ4n) is 10.8. The van der Waals surface area contributed by atoms with Crippen LogP contribution in [0.25, 0.3) is 0 Å². The maximum absolute atomic E-state index is 12.9. The summed E-state index contributed by atoms with van der Waals surface area (Å²) >= 11 is 0. The molecule has 2 saturated carbocycles. The molecule has 8 heterocycles. The third kappa shape index (κ3) is 7.38. The molecule has 0 aromatic rings. The Kier molecular flexibility index (Phi) is 11.2. The van der Waals surface area contributed by atoms with Gasteiger partial charge in [-0.25, -0.2) is 19.6 Å². The maximum atomic E-state index is 12.9. The number of aliphatic hydroxyl groups is 1. The summed E-state index contributed by atoms with van der Waals surface area (Å²) in [5.41, 5.74) is -1.49. The van der Waals surface area contributed by atoms with Gasteiger partial charge in [0.25, 0.3) is 0 Å². The van der Waals surface area contributed by atoms with Crippen LogP contribution in [-0.2, 0) is 67.1 Å². The van der Waals surface area contributed by atoms with Crippen molar-refractivity contribution in [2.75, 3.05) is 13.1 Å². The number of rotatable bonds is 12. The molecule has 3 N–H and O–H groups in total. The zero-order valence-corrected chi connectivity index (χ0v) is 32.8. The molecule has 17 heteroatoms. The van der Waals surface area contributed by atoms with Gasteiger partial charge in [-0.05, 0) is 64.2 Å². The van der Waals surface area contributed by atoms with Gasteiger partial charge in [0.1, 0.15) is 0 Å². The summed E-state index contributed by atoms with van der Waals surface area (Å²) < 4.78 is 36.5. The Morgan fingerprint density at radius 1 is 0.643 bits per heavy atom. The zero-order valence-electron chi connectivity index (χ0n) is 32.8. The van der Waals surface area contributed by atoms with Crippen LogP contribution in [0, 0.1) is 35.5 Å². The van der Waals surface area contributed by atoms with E-state index in [0.717, 1.165) is 51.4 Å². The van der Waals surface area contributed by atoms with Crippen molar-refractivity contribution < 1.29 is 72.3 Å². The minimum Gasteiger partial charge on any atom is -0.435 e. The molecule has 4 bridgehead atoms. The van der Waals surface area contributed by atoms with Crippen molar-refractivity contribution in [3.63, 3.8) is 0 Å². The molecule has 0 radical (unpaired) electrons. The van der Waals surface area contributed by atoms with Gasteiger partial charge in [-0.3, -0.25) is 19.2 Å². The zero-order chi connectivity index (χ0) is 39.5. The number of amides is 2. The van der Waals surface area contributed by atoms with Crippen LogP contribution in [0.5, 0.6) is 0 Å². The fraction of sp³-hybridized carbons (Fsp3) is 0.897. The molecule has 8 aliphatic heterocycles. The van der Waals surface area contributed by atoms with Gasteiger partial charge in [-0.2, -0.15) is 0 Å². The molecule has 17 nitrogen and oxygen atoms in total. The highest BCUT2D eigenvalue weighted by Crippen LogP contribution is 2.61. The molecule has 4 unspecified atom stereocenters. The molecular formula is C39H58N2O15. The number of esters is 2. The molecule has 8 saturated heterocycles. The summed E-state index contributed by atoms with van der Waals surface area (Å²) in [6.07, 6.45) is 3.94. The fourth-order valence-corrected chi connectivity index (χ4v) is 10.8. The quantitative estimate of drug-likeness (QED) is 0.192. The molecule has 2 amide bonds. The SMILES string of the molecule is C[C@@H]1C2CCC[C@@H]3CCC4(C)OO[C@@]23[C@H](O[C@H]1OC(=O)CCC(=O)NCC(O)CNC(=O)CCC(=O)O[C@@H]1O[C@@H]2OC3(C)CC[C@H]5CCCC([C@H]1C)[C@]52OO3)O4. The van der Waals surface area contributed by atoms with E-state index in [1.165, 1.54) is 0 Å². The highest BCUT2D eigenvalue weighted by Gasteiger charge is 2.70. The van der Waals surface area contributed by atoms with Gasteiger partial charge in [-0.15, -0.1) is 0 Å². The lowest BCUT2D eigenvalue weighted by Crippen LogP contribution is -2.69. The van der Waals surface area contributed by atoms with Gasteiger partial charge in [0.2, 0.25) is 36.0 Å². The third-order valence-electron chi connectivity index (χ3n) is 14.0. The van der Waals surface area contributed by atoms with Gasteiger partial charge in [0.05, 0.1) is 18.9 Å². The van der Waals surface area contributed by atoms with Crippen LogP contribution in [-0.4, -0.2) is 96.0 Å². The van der Waals surface area contributed by atoms with Crippen LogP contribution in [0.1, 0.15) is 118 Å². The van der Waals surface area contributed by atoms with Crippen LogP contribution in [0.3, 0.4) is 0 Å². The first-order valence-corrected chi connectivity index (χ1v) is 20.7. The van der Waals surface area contributed by atoms with E-state index < -0.39 is 77.8 Å². The predicted molar refractivity (Wildman–Crippen MR) is 187 cm³/mol. The van der Waals surface area contributed by atoms with Gasteiger partial charge >= 0.3 is 11.9 Å². The number of hydrogen-bond acceptors (Lipinski definition) is 15. The predicted octanol–water partition coefficient (Wildman–Crippen LogP) is 3.15. The second-order valence-corrected chi connectivity index (χ2v) is 17.7. The van der Waals surface area contributed by atoms with E-state index in [9.17, 15) is 24.3 Å². The van der Waals surface area contributed by atoms with Gasteiger partial charge < -0.3 is 44.2 Å². The molecule has 56 heavy (non-hydrogen) atoms. The normalized spacial score (nSPS) is 45.2. The van der Waals surface area contributed by atoms with E-state index in [1.54, 1.807) is 0 Å². The minimum atomic E-state index is -1.10. The van der Waals surface area contributed by atoms with Crippen LogP contribution in [0.15, 0.2) is 0 Å². The smallest absolute Gasteiger partial charge is 0.308 e. The first kappa shape index (κ1) is 40.3. The number of ether oxygens (including phenoxy) is 6. The van der Waals surface area contributed by atoms with Crippen molar-refractivity contribution >= 4 is 23.8 Å². The van der Waals surface area contributed by atoms with Gasteiger partial charge in [0.15, 0.2) is 23.8 Å². The van der Waals surface area contributed by atoms with E-state index in [4.69, 9.17) is 48.0 Å². The van der Waals surface area contributed by atoms with Crippen molar-refractivity contribution in [1.82, 2.24) is 10.6 Å². The molecule has 10 fully saturated rings. The Balaban J connectivity index is 0.724. The monoisotopic (exact) mass is 794 g/mol. The largest absolute Gasteiger partial charge is 0.435 e. The lowest BCUT2D eigenvalue weighted by atomic mass is 9.61. The summed E-state index contributed by atoms with van der Waals surface area (Å²) in [6.45, 7) is 7.30. The van der Waals surface area contributed by atoms with Crippen LogP contribution in [0.4, 0.5) is 0 Å². The number of carbonyl (C=O) groups excluding carboxylic acids is 4. The Hall–Kier alpha value is -2.48. The van der Waals surface area contributed by atoms with Crippen molar-refractivity contribution in [1.29, 1.82) is 0 Å². The Bertz CT molecular complexity index is 1410. The number of nitrogens with one attached hydrogen (secondary N) is 2. The van der Waals surface area contributed by atoms with Crippen molar-refractivity contribution in [2.45, 2.75) is 172 Å². The topological polar surface area (TPSA) is 205 Å². The summed E-state index contributed by atoms with van der Waals surface area (Å²) in [5.74, 6) is -3.88. The third-order valence-corrected chi connectivity index (χ3v) is 14.0. The summed E-state index contributed by atoms with van der Waals surface area (Å²) in [4.78, 5) is 74.5. The van der Waals surface area contributed by atoms with Crippen LogP contribution >= 0.6 is 0 Å². The average molecular weight is 795 g/mol. The molecule has 10 aliphatic rings. The van der Waals surface area contributed by atoms with Gasteiger partial charge in [0, 0.05) is 62.4 Å². The van der Waals surface area contributed by atoms with Crippen molar-refractivity contribution in [3.8, 4) is 0 Å². The molecule has 2 aliphatic carbocycles. The van der Waals surface area contributed by atoms with Gasteiger partial charge in [-0.1, -0.05) is 26.7 Å². The van der Waals surface area contributed by atoms with E-state index >= 15 is 0 Å². The summed E-state index contributed by atoms with van der Waals surface area (Å²) in [5, 5.41) is 15.5. The van der Waals surface area contributed by atoms with E-state index in [-0.39, 0.29) is 74.3 Å². The number of carbonyl (C=O) groups is 4.